The fraction of sp³-hybridized carbons (Fsp3) is 0.600. The van der Waals surface area contributed by atoms with E-state index in [2.05, 4.69) is 40.9 Å². The lowest BCUT2D eigenvalue weighted by molar-refractivity contribution is 0.219. The van der Waals surface area contributed by atoms with Gasteiger partial charge in [-0.1, -0.05) is 24.3 Å². The molecule has 1 aliphatic carbocycles. The summed E-state index contributed by atoms with van der Waals surface area (Å²) in [6.07, 6.45) is 5.63. The Morgan fingerprint density at radius 3 is 2.85 bits per heavy atom. The van der Waals surface area contributed by atoms with Crippen LogP contribution in [0.15, 0.2) is 24.3 Å². The second-order valence-electron chi connectivity index (χ2n) is 5.61. The fourth-order valence-electron chi connectivity index (χ4n) is 2.93. The molecule has 5 heteroatoms. The number of rotatable bonds is 6. The van der Waals surface area contributed by atoms with Gasteiger partial charge in [0.1, 0.15) is 0 Å². The smallest absolute Gasteiger partial charge is 0.208 e. The van der Waals surface area contributed by atoms with Crippen LogP contribution in [0, 0.1) is 0 Å². The SMILES string of the molecule is CN(CCCNS(C)(=O)=O)[C@H]1CCCc2ccccc21. The number of hydrogen-bond acceptors (Lipinski definition) is 3. The van der Waals surface area contributed by atoms with Gasteiger partial charge in [-0.2, -0.15) is 0 Å². The highest BCUT2D eigenvalue weighted by Gasteiger charge is 2.22. The topological polar surface area (TPSA) is 49.4 Å². The molecule has 0 spiro atoms. The molecule has 0 aliphatic heterocycles. The minimum atomic E-state index is -3.06. The van der Waals surface area contributed by atoms with E-state index in [0.717, 1.165) is 13.0 Å². The Bertz CT molecular complexity index is 543. The van der Waals surface area contributed by atoms with E-state index in [-0.39, 0.29) is 0 Å². The van der Waals surface area contributed by atoms with Crippen molar-refractivity contribution in [2.24, 2.45) is 0 Å². The zero-order chi connectivity index (χ0) is 14.6. The molecule has 0 saturated heterocycles. The van der Waals surface area contributed by atoms with Crippen molar-refractivity contribution in [1.82, 2.24) is 9.62 Å². The van der Waals surface area contributed by atoms with Crippen molar-refractivity contribution >= 4 is 10.0 Å². The maximum Gasteiger partial charge on any atom is 0.208 e. The molecule has 1 aromatic rings. The van der Waals surface area contributed by atoms with Crippen LogP contribution in [0.2, 0.25) is 0 Å². The van der Waals surface area contributed by atoms with E-state index in [0.29, 0.717) is 12.6 Å². The molecular formula is C15H24N2O2S. The van der Waals surface area contributed by atoms with Gasteiger partial charge < -0.3 is 0 Å². The maximum atomic E-state index is 11.0. The summed E-state index contributed by atoms with van der Waals surface area (Å²) in [6, 6.07) is 9.14. The largest absolute Gasteiger partial charge is 0.299 e. The van der Waals surface area contributed by atoms with Crippen molar-refractivity contribution in [3.63, 3.8) is 0 Å². The van der Waals surface area contributed by atoms with E-state index in [4.69, 9.17) is 0 Å². The van der Waals surface area contributed by atoms with Gasteiger partial charge in [0.05, 0.1) is 6.26 Å². The molecular weight excluding hydrogens is 272 g/mol. The quantitative estimate of drug-likeness (QED) is 0.816. The Morgan fingerprint density at radius 1 is 1.35 bits per heavy atom. The number of sulfonamides is 1. The van der Waals surface area contributed by atoms with Gasteiger partial charge in [-0.15, -0.1) is 0 Å². The molecule has 1 aliphatic rings. The molecule has 0 bridgehead atoms. The molecule has 1 atom stereocenters. The Kier molecular flexibility index (Phi) is 5.18. The Morgan fingerprint density at radius 2 is 2.10 bits per heavy atom. The molecule has 0 radical (unpaired) electrons. The summed E-state index contributed by atoms with van der Waals surface area (Å²) < 4.78 is 24.6. The number of aryl methyl sites for hydroxylation is 1. The first-order chi connectivity index (χ1) is 9.47. The summed E-state index contributed by atoms with van der Waals surface area (Å²) in [7, 11) is -0.932. The zero-order valence-electron chi connectivity index (χ0n) is 12.3. The number of fused-ring (bicyclic) bond motifs is 1. The van der Waals surface area contributed by atoms with E-state index >= 15 is 0 Å². The molecule has 0 fully saturated rings. The van der Waals surface area contributed by atoms with Crippen LogP contribution in [0.5, 0.6) is 0 Å². The van der Waals surface area contributed by atoms with E-state index in [1.807, 2.05) is 0 Å². The molecule has 0 unspecified atom stereocenters. The van der Waals surface area contributed by atoms with Gasteiger partial charge in [0, 0.05) is 12.6 Å². The van der Waals surface area contributed by atoms with Crippen molar-refractivity contribution in [2.75, 3.05) is 26.4 Å². The summed E-state index contributed by atoms with van der Waals surface area (Å²) in [6.45, 7) is 1.42. The van der Waals surface area contributed by atoms with Crippen molar-refractivity contribution in [2.45, 2.75) is 31.7 Å². The molecule has 4 nitrogen and oxygen atoms in total. The Hall–Kier alpha value is -0.910. The fourth-order valence-corrected chi connectivity index (χ4v) is 3.44. The predicted octanol–water partition coefficient (Wildman–Crippen LogP) is 1.94. The highest BCUT2D eigenvalue weighted by atomic mass is 32.2. The number of hydrogen-bond donors (Lipinski definition) is 1. The van der Waals surface area contributed by atoms with Gasteiger partial charge >= 0.3 is 0 Å². The molecule has 0 saturated carbocycles. The van der Waals surface area contributed by atoms with Crippen LogP contribution in [0.3, 0.4) is 0 Å². The van der Waals surface area contributed by atoms with E-state index in [9.17, 15) is 8.42 Å². The van der Waals surface area contributed by atoms with Gasteiger partial charge in [0.15, 0.2) is 0 Å². The van der Waals surface area contributed by atoms with Gasteiger partial charge in [-0.25, -0.2) is 13.1 Å². The third kappa shape index (κ3) is 4.30. The lowest BCUT2D eigenvalue weighted by Crippen LogP contribution is -2.31. The van der Waals surface area contributed by atoms with Gasteiger partial charge in [0.2, 0.25) is 10.0 Å². The third-order valence-electron chi connectivity index (χ3n) is 3.92. The maximum absolute atomic E-state index is 11.0. The van der Waals surface area contributed by atoms with Crippen LogP contribution < -0.4 is 4.72 Å². The van der Waals surface area contributed by atoms with Gasteiger partial charge in [-0.05, 0) is 50.4 Å². The van der Waals surface area contributed by atoms with Crippen LogP contribution in [0.25, 0.3) is 0 Å². The number of nitrogens with one attached hydrogen (secondary N) is 1. The van der Waals surface area contributed by atoms with Crippen LogP contribution in [-0.2, 0) is 16.4 Å². The van der Waals surface area contributed by atoms with Gasteiger partial charge in [0.25, 0.3) is 0 Å². The molecule has 1 N–H and O–H groups in total. The molecule has 2 rings (SSSR count). The first kappa shape index (κ1) is 15.5. The normalized spacial score (nSPS) is 19.1. The van der Waals surface area contributed by atoms with E-state index in [1.54, 1.807) is 0 Å². The van der Waals surface area contributed by atoms with Gasteiger partial charge in [-0.3, -0.25) is 4.90 Å². The highest BCUT2D eigenvalue weighted by molar-refractivity contribution is 7.88. The lowest BCUT2D eigenvalue weighted by Gasteiger charge is -2.33. The number of nitrogens with zero attached hydrogens (tertiary/aromatic N) is 1. The average molecular weight is 296 g/mol. The van der Waals surface area contributed by atoms with Crippen molar-refractivity contribution in [1.29, 1.82) is 0 Å². The van der Waals surface area contributed by atoms with E-state index < -0.39 is 10.0 Å². The van der Waals surface area contributed by atoms with Crippen molar-refractivity contribution in [3.8, 4) is 0 Å². The summed E-state index contributed by atoms with van der Waals surface area (Å²) in [5.41, 5.74) is 2.90. The number of benzene rings is 1. The molecule has 0 amide bonds. The molecule has 0 heterocycles. The predicted molar refractivity (Wildman–Crippen MR) is 82.2 cm³/mol. The van der Waals surface area contributed by atoms with Crippen molar-refractivity contribution < 1.29 is 8.42 Å². The monoisotopic (exact) mass is 296 g/mol. The summed E-state index contributed by atoms with van der Waals surface area (Å²) in [4.78, 5) is 2.35. The average Bonchev–Trinajstić information content (AvgIpc) is 2.41. The first-order valence-electron chi connectivity index (χ1n) is 7.20. The van der Waals surface area contributed by atoms with E-state index in [1.165, 1.54) is 36.6 Å². The third-order valence-corrected chi connectivity index (χ3v) is 4.65. The summed E-state index contributed by atoms with van der Waals surface area (Å²) in [5.74, 6) is 0. The summed E-state index contributed by atoms with van der Waals surface area (Å²) >= 11 is 0. The van der Waals surface area contributed by atoms with Crippen LogP contribution in [-0.4, -0.2) is 39.7 Å². The zero-order valence-corrected chi connectivity index (χ0v) is 13.1. The second-order valence-corrected chi connectivity index (χ2v) is 7.44. The van der Waals surface area contributed by atoms with Crippen LogP contribution >= 0.6 is 0 Å². The van der Waals surface area contributed by atoms with Crippen LogP contribution in [0.1, 0.15) is 36.4 Å². The molecule has 20 heavy (non-hydrogen) atoms. The second kappa shape index (κ2) is 6.70. The Labute approximate surface area is 122 Å². The highest BCUT2D eigenvalue weighted by Crippen LogP contribution is 2.33. The Balaban J connectivity index is 1.89. The van der Waals surface area contributed by atoms with Crippen LogP contribution in [0.4, 0.5) is 0 Å². The molecule has 112 valence electrons. The molecule has 1 aromatic carbocycles. The minimum Gasteiger partial charge on any atom is -0.299 e. The standard InChI is InChI=1S/C15H24N2O2S/c1-17(12-6-11-16-20(2,18)19)15-10-5-8-13-7-3-4-9-14(13)15/h3-4,7,9,15-16H,5-6,8,10-12H2,1-2H3/t15-/m0/s1. The molecule has 0 aromatic heterocycles. The minimum absolute atomic E-state index is 0.471. The first-order valence-corrected chi connectivity index (χ1v) is 9.09. The summed E-state index contributed by atoms with van der Waals surface area (Å²) in [5, 5.41) is 0. The van der Waals surface area contributed by atoms with Crippen molar-refractivity contribution in [3.05, 3.63) is 35.4 Å². The lowest BCUT2D eigenvalue weighted by atomic mass is 9.87.